The van der Waals surface area contributed by atoms with E-state index in [9.17, 15) is 4.79 Å². The molecule has 0 radical (unpaired) electrons. The van der Waals surface area contributed by atoms with Gasteiger partial charge in [-0.1, -0.05) is 60.7 Å². The van der Waals surface area contributed by atoms with Gasteiger partial charge in [-0.05, 0) is 36.8 Å². The summed E-state index contributed by atoms with van der Waals surface area (Å²) < 4.78 is 5.43. The van der Waals surface area contributed by atoms with E-state index in [0.29, 0.717) is 17.4 Å². The summed E-state index contributed by atoms with van der Waals surface area (Å²) in [5.74, 6) is 1.60. The molecule has 148 valence electrons. The summed E-state index contributed by atoms with van der Waals surface area (Å²) in [6.45, 7) is 1.87. The molecule has 0 saturated heterocycles. The number of carbonyl (C=O) groups excluding carboxylic acids is 1. The first-order valence-corrected chi connectivity index (χ1v) is 9.68. The third kappa shape index (κ3) is 5.08. The lowest BCUT2D eigenvalue weighted by atomic mass is 10.1. The molecule has 30 heavy (non-hydrogen) atoms. The average Bonchev–Trinajstić information content (AvgIpc) is 2.76. The lowest BCUT2D eigenvalue weighted by molar-refractivity contribution is -0.133. The van der Waals surface area contributed by atoms with Gasteiger partial charge in [-0.15, -0.1) is 0 Å². The fraction of sp³-hybridized carbons (Fsp3) is 0.0800. The number of carbonyl (C=O) groups is 1. The predicted molar refractivity (Wildman–Crippen MR) is 118 cm³/mol. The molecule has 4 rings (SSSR count). The highest BCUT2D eigenvalue weighted by Crippen LogP contribution is 2.23. The number of ether oxygens (including phenoxy) is 1. The Morgan fingerprint density at radius 3 is 2.23 bits per heavy atom. The molecule has 3 aromatic carbocycles. The summed E-state index contributed by atoms with van der Waals surface area (Å²) in [6, 6.07) is 28.7. The quantitative estimate of drug-likeness (QED) is 0.352. The number of anilines is 2. The Balaban J connectivity index is 1.42. The number of rotatable bonds is 6. The second-order valence-corrected chi connectivity index (χ2v) is 6.84. The van der Waals surface area contributed by atoms with Crippen molar-refractivity contribution in [2.24, 2.45) is 0 Å². The zero-order chi connectivity index (χ0) is 20.8. The zero-order valence-electron chi connectivity index (χ0n) is 16.6. The van der Waals surface area contributed by atoms with Gasteiger partial charge < -0.3 is 10.1 Å². The first-order chi connectivity index (χ1) is 14.7. The zero-order valence-corrected chi connectivity index (χ0v) is 16.6. The summed E-state index contributed by atoms with van der Waals surface area (Å²) >= 11 is 0. The van der Waals surface area contributed by atoms with Crippen LogP contribution in [0.4, 0.5) is 11.5 Å². The Hall–Kier alpha value is -3.99. The number of benzene rings is 3. The minimum Gasteiger partial charge on any atom is -0.426 e. The normalized spacial score (nSPS) is 10.4. The Labute approximate surface area is 175 Å². The van der Waals surface area contributed by atoms with E-state index in [-0.39, 0.29) is 12.4 Å². The number of nitrogens with zero attached hydrogens (tertiary/aromatic N) is 2. The van der Waals surface area contributed by atoms with Gasteiger partial charge in [0.05, 0.1) is 12.1 Å². The average molecular weight is 395 g/mol. The third-order valence-electron chi connectivity index (χ3n) is 4.46. The third-order valence-corrected chi connectivity index (χ3v) is 4.46. The summed E-state index contributed by atoms with van der Waals surface area (Å²) in [5, 5.41) is 3.28. The first kappa shape index (κ1) is 19.3. The monoisotopic (exact) mass is 395 g/mol. The number of aromatic nitrogens is 2. The lowest BCUT2D eigenvalue weighted by Crippen LogP contribution is -2.11. The van der Waals surface area contributed by atoms with Crippen molar-refractivity contribution in [3.8, 4) is 17.0 Å². The van der Waals surface area contributed by atoms with Crippen LogP contribution < -0.4 is 10.1 Å². The molecular formula is C25H21N3O2. The fourth-order valence-corrected chi connectivity index (χ4v) is 3.07. The molecule has 0 amide bonds. The maximum absolute atomic E-state index is 12.1. The molecule has 1 aromatic heterocycles. The molecule has 0 fully saturated rings. The largest absolute Gasteiger partial charge is 0.426 e. The molecule has 0 atom stereocenters. The number of esters is 1. The minimum atomic E-state index is -0.291. The molecular weight excluding hydrogens is 374 g/mol. The highest BCUT2D eigenvalue weighted by molar-refractivity contribution is 5.75. The van der Waals surface area contributed by atoms with Crippen molar-refractivity contribution in [2.45, 2.75) is 13.3 Å². The number of hydrogen-bond acceptors (Lipinski definition) is 5. The summed E-state index contributed by atoms with van der Waals surface area (Å²) in [4.78, 5) is 21.1. The van der Waals surface area contributed by atoms with Crippen molar-refractivity contribution in [2.75, 3.05) is 5.32 Å². The smallest absolute Gasteiger partial charge is 0.315 e. The molecule has 0 aliphatic heterocycles. The van der Waals surface area contributed by atoms with Gasteiger partial charge in [0.25, 0.3) is 0 Å². The molecule has 1 heterocycles. The molecule has 0 unspecified atom stereocenters. The van der Waals surface area contributed by atoms with Crippen LogP contribution in [0.3, 0.4) is 0 Å². The van der Waals surface area contributed by atoms with Gasteiger partial charge >= 0.3 is 5.97 Å². The van der Waals surface area contributed by atoms with Crippen molar-refractivity contribution >= 4 is 17.5 Å². The molecule has 0 bridgehead atoms. The van der Waals surface area contributed by atoms with Gasteiger partial charge in [-0.2, -0.15) is 0 Å². The molecule has 0 spiro atoms. The molecule has 1 N–H and O–H groups in total. The van der Waals surface area contributed by atoms with Gasteiger partial charge in [-0.3, -0.25) is 4.79 Å². The van der Waals surface area contributed by atoms with Gasteiger partial charge in [0, 0.05) is 17.3 Å². The Morgan fingerprint density at radius 2 is 1.53 bits per heavy atom. The van der Waals surface area contributed by atoms with E-state index < -0.39 is 0 Å². The van der Waals surface area contributed by atoms with Gasteiger partial charge in [0.15, 0.2) is 0 Å². The second-order valence-electron chi connectivity index (χ2n) is 6.84. The van der Waals surface area contributed by atoms with Crippen LogP contribution in [0.15, 0.2) is 91.0 Å². The Morgan fingerprint density at radius 1 is 0.867 bits per heavy atom. The van der Waals surface area contributed by atoms with Crippen molar-refractivity contribution in [3.63, 3.8) is 0 Å². The number of hydrogen-bond donors (Lipinski definition) is 1. The summed E-state index contributed by atoms with van der Waals surface area (Å²) in [6.07, 6.45) is 0.239. The van der Waals surface area contributed by atoms with E-state index in [1.54, 1.807) is 12.1 Å². The minimum absolute atomic E-state index is 0.239. The van der Waals surface area contributed by atoms with Crippen LogP contribution in [0.1, 0.15) is 11.4 Å². The molecule has 0 saturated carbocycles. The van der Waals surface area contributed by atoms with Crippen LogP contribution in [0, 0.1) is 6.92 Å². The highest BCUT2D eigenvalue weighted by Gasteiger charge is 2.08. The van der Waals surface area contributed by atoms with Crippen LogP contribution in [-0.2, 0) is 11.2 Å². The maximum Gasteiger partial charge on any atom is 0.315 e. The summed E-state index contributed by atoms with van der Waals surface area (Å²) in [7, 11) is 0. The van der Waals surface area contributed by atoms with Crippen LogP contribution >= 0.6 is 0 Å². The van der Waals surface area contributed by atoms with Crippen molar-refractivity contribution in [1.82, 2.24) is 9.97 Å². The molecule has 4 aromatic rings. The molecule has 0 aliphatic carbocycles. The van der Waals surface area contributed by atoms with Crippen molar-refractivity contribution in [1.29, 1.82) is 0 Å². The van der Waals surface area contributed by atoms with Crippen LogP contribution in [-0.4, -0.2) is 15.9 Å². The van der Waals surface area contributed by atoms with Gasteiger partial charge in [0.1, 0.15) is 17.4 Å². The Kier molecular flexibility index (Phi) is 5.80. The second kappa shape index (κ2) is 9.01. The van der Waals surface area contributed by atoms with Gasteiger partial charge in [0.2, 0.25) is 0 Å². The predicted octanol–water partition coefficient (Wildman–Crippen LogP) is 5.34. The van der Waals surface area contributed by atoms with Crippen molar-refractivity contribution < 1.29 is 9.53 Å². The highest BCUT2D eigenvalue weighted by atomic mass is 16.5. The van der Waals surface area contributed by atoms with Crippen LogP contribution in [0.2, 0.25) is 0 Å². The number of nitrogens with one attached hydrogen (secondary N) is 1. The lowest BCUT2D eigenvalue weighted by Gasteiger charge is -2.10. The summed E-state index contributed by atoms with van der Waals surface area (Å²) in [5.41, 5.74) is 3.66. The SMILES string of the molecule is Cc1nc(Nc2ccc(OC(=O)Cc3ccccc3)cc2)cc(-c2ccccc2)n1. The maximum atomic E-state index is 12.1. The Bertz CT molecular complexity index is 1130. The van der Waals surface area contributed by atoms with E-state index in [1.165, 1.54) is 0 Å². The molecule has 0 aliphatic rings. The van der Waals surface area contributed by atoms with E-state index >= 15 is 0 Å². The fourth-order valence-electron chi connectivity index (χ4n) is 3.07. The topological polar surface area (TPSA) is 64.1 Å². The van der Waals surface area contributed by atoms with E-state index in [2.05, 4.69) is 15.3 Å². The molecule has 5 heteroatoms. The van der Waals surface area contributed by atoms with Crippen molar-refractivity contribution in [3.05, 3.63) is 102 Å². The standard InChI is InChI=1S/C25H21N3O2/c1-18-26-23(20-10-6-3-7-11-20)17-24(27-18)28-21-12-14-22(15-13-21)30-25(29)16-19-8-4-2-5-9-19/h2-15,17H,16H2,1H3,(H,26,27,28). The van der Waals surface area contributed by atoms with E-state index in [4.69, 9.17) is 4.74 Å². The van der Waals surface area contributed by atoms with E-state index in [1.807, 2.05) is 85.8 Å². The molecule has 5 nitrogen and oxygen atoms in total. The van der Waals surface area contributed by atoms with Crippen LogP contribution in [0.5, 0.6) is 5.75 Å². The van der Waals surface area contributed by atoms with Crippen LogP contribution in [0.25, 0.3) is 11.3 Å². The number of aryl methyl sites for hydroxylation is 1. The van der Waals surface area contributed by atoms with Gasteiger partial charge in [-0.25, -0.2) is 9.97 Å². The first-order valence-electron chi connectivity index (χ1n) is 9.68. The van der Waals surface area contributed by atoms with E-state index in [0.717, 1.165) is 22.5 Å².